The zero-order valence-electron chi connectivity index (χ0n) is 11.7. The average molecular weight is 260 g/mol. The van der Waals surface area contributed by atoms with Gasteiger partial charge in [0.15, 0.2) is 0 Å². The highest BCUT2D eigenvalue weighted by molar-refractivity contribution is 5.84. The lowest BCUT2D eigenvalue weighted by Crippen LogP contribution is -2.09. The van der Waals surface area contributed by atoms with Crippen LogP contribution in [0.5, 0.6) is 0 Å². The first-order valence-electron chi connectivity index (χ1n) is 6.47. The Bertz CT molecular complexity index is 502. The minimum absolute atomic E-state index is 0.138. The smallest absolute Gasteiger partial charge is 0.130 e. The summed E-state index contributed by atoms with van der Waals surface area (Å²) in [6.07, 6.45) is 0.531. The van der Waals surface area contributed by atoms with Gasteiger partial charge in [0.25, 0.3) is 0 Å². The molecule has 0 spiro atoms. The molecule has 1 aliphatic rings. The van der Waals surface area contributed by atoms with E-state index in [1.165, 1.54) is 22.3 Å². The van der Waals surface area contributed by atoms with Gasteiger partial charge >= 0.3 is 0 Å². The summed E-state index contributed by atoms with van der Waals surface area (Å²) < 4.78 is 10.6. The largest absolute Gasteiger partial charge is 0.380 e. The molecule has 1 aromatic rings. The summed E-state index contributed by atoms with van der Waals surface area (Å²) in [7, 11) is 3.38. The number of carbonyl (C=O) groups excluding carboxylic acids is 1. The number of carbonyl (C=O) groups is 1. The highest BCUT2D eigenvalue weighted by Crippen LogP contribution is 2.43. The Hall–Kier alpha value is -1.45. The lowest BCUT2D eigenvalue weighted by Gasteiger charge is -2.15. The third-order valence-electron chi connectivity index (χ3n) is 3.55. The maximum Gasteiger partial charge on any atom is 0.130 e. The molecular weight excluding hydrogens is 240 g/mol. The second-order valence-corrected chi connectivity index (χ2v) is 4.92. The molecule has 0 amide bonds. The van der Waals surface area contributed by atoms with Crippen LogP contribution in [-0.2, 0) is 14.3 Å². The summed E-state index contributed by atoms with van der Waals surface area (Å²) in [6.45, 7) is 2.75. The molecule has 1 unspecified atom stereocenters. The van der Waals surface area contributed by atoms with Crippen LogP contribution in [0.2, 0.25) is 0 Å². The van der Waals surface area contributed by atoms with Gasteiger partial charge in [-0.25, -0.2) is 0 Å². The number of fused-ring (bicyclic) bond motifs is 1. The zero-order chi connectivity index (χ0) is 13.8. The maximum atomic E-state index is 11.5. The van der Waals surface area contributed by atoms with Gasteiger partial charge in [-0.3, -0.25) is 4.79 Å². The van der Waals surface area contributed by atoms with E-state index in [4.69, 9.17) is 9.47 Å². The average Bonchev–Trinajstić information content (AvgIpc) is 2.66. The summed E-state index contributed by atoms with van der Waals surface area (Å²) in [5, 5.41) is 0. The number of methoxy groups -OCH3 is 2. The first-order valence-corrected chi connectivity index (χ1v) is 6.47. The number of hydrogen-bond donors (Lipinski definition) is 0. The standard InChI is InChI=1S/C16H20O3/c1-11(17)8-14-12-6-4-5-7-13(12)15(9-18-2)16(14)10-19-3/h4-7,14H,8-10H2,1-3H3. The fraction of sp³-hybridized carbons (Fsp3) is 0.438. The van der Waals surface area contributed by atoms with E-state index in [0.29, 0.717) is 19.6 Å². The molecule has 0 heterocycles. The fourth-order valence-corrected chi connectivity index (χ4v) is 2.83. The lowest BCUT2D eigenvalue weighted by molar-refractivity contribution is -0.117. The molecule has 0 saturated heterocycles. The minimum atomic E-state index is 0.138. The summed E-state index contributed by atoms with van der Waals surface area (Å²) in [5.74, 6) is 0.339. The Labute approximate surface area is 114 Å². The number of ketones is 1. The van der Waals surface area contributed by atoms with Crippen LogP contribution >= 0.6 is 0 Å². The van der Waals surface area contributed by atoms with Crippen molar-refractivity contribution in [3.8, 4) is 0 Å². The predicted octanol–water partition coefficient (Wildman–Crippen LogP) is 2.81. The monoisotopic (exact) mass is 260 g/mol. The van der Waals surface area contributed by atoms with Crippen molar-refractivity contribution in [3.05, 3.63) is 41.0 Å². The van der Waals surface area contributed by atoms with Gasteiger partial charge in [0, 0.05) is 26.6 Å². The zero-order valence-corrected chi connectivity index (χ0v) is 11.7. The lowest BCUT2D eigenvalue weighted by atomic mass is 9.91. The van der Waals surface area contributed by atoms with Crippen LogP contribution in [0.1, 0.15) is 30.4 Å². The quantitative estimate of drug-likeness (QED) is 0.789. The van der Waals surface area contributed by atoms with Crippen molar-refractivity contribution in [3.63, 3.8) is 0 Å². The van der Waals surface area contributed by atoms with Crippen molar-refractivity contribution in [1.29, 1.82) is 0 Å². The molecule has 1 atom stereocenters. The van der Waals surface area contributed by atoms with Crippen molar-refractivity contribution in [2.75, 3.05) is 27.4 Å². The molecule has 19 heavy (non-hydrogen) atoms. The number of hydrogen-bond acceptors (Lipinski definition) is 3. The SMILES string of the molecule is COCC1=C(COC)C(CC(C)=O)c2ccccc21. The fourth-order valence-electron chi connectivity index (χ4n) is 2.83. The summed E-state index contributed by atoms with van der Waals surface area (Å²) >= 11 is 0. The summed E-state index contributed by atoms with van der Waals surface area (Å²) in [6, 6.07) is 8.24. The van der Waals surface area contributed by atoms with Gasteiger partial charge in [0.1, 0.15) is 5.78 Å². The van der Waals surface area contributed by atoms with Crippen molar-refractivity contribution in [2.45, 2.75) is 19.3 Å². The molecule has 0 saturated carbocycles. The molecule has 1 aromatic carbocycles. The highest BCUT2D eigenvalue weighted by Gasteiger charge is 2.31. The van der Waals surface area contributed by atoms with E-state index in [2.05, 4.69) is 12.1 Å². The Morgan fingerprint density at radius 1 is 1.16 bits per heavy atom. The molecule has 0 N–H and O–H groups in total. The van der Waals surface area contributed by atoms with Crippen molar-refractivity contribution < 1.29 is 14.3 Å². The highest BCUT2D eigenvalue weighted by atomic mass is 16.5. The van der Waals surface area contributed by atoms with Crippen LogP contribution in [0.15, 0.2) is 29.8 Å². The molecule has 3 nitrogen and oxygen atoms in total. The number of rotatable bonds is 6. The normalized spacial score (nSPS) is 17.7. The summed E-state index contributed by atoms with van der Waals surface area (Å²) in [4.78, 5) is 11.5. The molecule has 0 bridgehead atoms. The number of benzene rings is 1. The Morgan fingerprint density at radius 3 is 2.47 bits per heavy atom. The van der Waals surface area contributed by atoms with E-state index in [9.17, 15) is 4.79 Å². The molecule has 3 heteroatoms. The second kappa shape index (κ2) is 6.13. The van der Waals surface area contributed by atoms with Crippen LogP contribution in [0.25, 0.3) is 5.57 Å². The molecule has 102 valence electrons. The molecular formula is C16H20O3. The second-order valence-electron chi connectivity index (χ2n) is 4.92. The summed E-state index contributed by atoms with van der Waals surface area (Å²) in [5.41, 5.74) is 4.77. The Balaban J connectivity index is 2.47. The van der Waals surface area contributed by atoms with Crippen LogP contribution in [0.4, 0.5) is 0 Å². The van der Waals surface area contributed by atoms with E-state index in [1.54, 1.807) is 21.1 Å². The van der Waals surface area contributed by atoms with Crippen molar-refractivity contribution in [1.82, 2.24) is 0 Å². The van der Waals surface area contributed by atoms with Gasteiger partial charge in [-0.15, -0.1) is 0 Å². The van der Waals surface area contributed by atoms with Gasteiger partial charge < -0.3 is 9.47 Å². The van der Waals surface area contributed by atoms with Gasteiger partial charge in [-0.1, -0.05) is 24.3 Å². The molecule has 0 aromatic heterocycles. The first kappa shape index (κ1) is 14.0. The van der Waals surface area contributed by atoms with E-state index >= 15 is 0 Å². The predicted molar refractivity (Wildman–Crippen MR) is 75.2 cm³/mol. The van der Waals surface area contributed by atoms with Gasteiger partial charge in [0.05, 0.1) is 13.2 Å². The van der Waals surface area contributed by atoms with E-state index in [1.807, 2.05) is 12.1 Å². The van der Waals surface area contributed by atoms with Gasteiger partial charge in [0.2, 0.25) is 0 Å². The van der Waals surface area contributed by atoms with Gasteiger partial charge in [-0.05, 0) is 29.2 Å². The molecule has 1 aliphatic carbocycles. The number of ether oxygens (including phenoxy) is 2. The molecule has 0 aliphatic heterocycles. The topological polar surface area (TPSA) is 35.5 Å². The van der Waals surface area contributed by atoms with E-state index < -0.39 is 0 Å². The van der Waals surface area contributed by atoms with Gasteiger partial charge in [-0.2, -0.15) is 0 Å². The van der Waals surface area contributed by atoms with Crippen LogP contribution < -0.4 is 0 Å². The number of Topliss-reactive ketones (excluding diaryl/α,β-unsaturated/α-hetero) is 1. The van der Waals surface area contributed by atoms with Crippen LogP contribution in [0, 0.1) is 0 Å². The molecule has 2 rings (SSSR count). The Morgan fingerprint density at radius 2 is 1.84 bits per heavy atom. The van der Waals surface area contributed by atoms with Crippen LogP contribution in [0.3, 0.4) is 0 Å². The third kappa shape index (κ3) is 2.77. The van der Waals surface area contributed by atoms with Crippen molar-refractivity contribution >= 4 is 11.4 Å². The minimum Gasteiger partial charge on any atom is -0.380 e. The molecule has 0 fully saturated rings. The third-order valence-corrected chi connectivity index (χ3v) is 3.55. The first-order chi connectivity index (χ1) is 9.19. The van der Waals surface area contributed by atoms with E-state index in [-0.39, 0.29) is 11.7 Å². The van der Waals surface area contributed by atoms with Crippen molar-refractivity contribution in [2.24, 2.45) is 0 Å². The maximum absolute atomic E-state index is 11.5. The molecule has 0 radical (unpaired) electrons. The van der Waals surface area contributed by atoms with Crippen LogP contribution in [-0.4, -0.2) is 33.2 Å². The van der Waals surface area contributed by atoms with E-state index in [0.717, 1.165) is 0 Å². The Kier molecular flexibility index (Phi) is 4.51.